The quantitative estimate of drug-likeness (QED) is 0.759. The molecule has 0 aliphatic carbocycles. The highest BCUT2D eigenvalue weighted by atomic mass is 16.5. The van der Waals surface area contributed by atoms with Crippen LogP contribution in [-0.2, 0) is 12.8 Å². The largest absolute Gasteiger partial charge is 0.364 e. The van der Waals surface area contributed by atoms with Crippen molar-refractivity contribution in [3.8, 4) is 0 Å². The minimum absolute atomic E-state index is 1.02. The third-order valence-electron chi connectivity index (χ3n) is 2.60. The Morgan fingerprint density at radius 1 is 1.13 bits per heavy atom. The lowest BCUT2D eigenvalue weighted by Gasteiger charge is -1.99. The van der Waals surface area contributed by atoms with Gasteiger partial charge in [0.2, 0.25) is 0 Å². The van der Waals surface area contributed by atoms with Crippen LogP contribution in [0.1, 0.15) is 23.2 Å². The van der Waals surface area contributed by atoms with E-state index in [1.54, 1.807) is 6.26 Å². The van der Waals surface area contributed by atoms with Gasteiger partial charge in [0, 0.05) is 5.56 Å². The SMILES string of the molecule is Cc1nocc1CCCc1ccccc1. The zero-order chi connectivity index (χ0) is 10.5. The fourth-order valence-electron chi connectivity index (χ4n) is 1.68. The summed E-state index contributed by atoms with van der Waals surface area (Å²) in [5.41, 5.74) is 3.64. The minimum atomic E-state index is 1.02. The molecule has 2 heteroatoms. The Balaban J connectivity index is 1.83. The average molecular weight is 201 g/mol. The second-order valence-corrected chi connectivity index (χ2v) is 3.76. The molecule has 78 valence electrons. The number of benzene rings is 1. The second-order valence-electron chi connectivity index (χ2n) is 3.76. The zero-order valence-electron chi connectivity index (χ0n) is 8.94. The Hall–Kier alpha value is -1.57. The first-order valence-electron chi connectivity index (χ1n) is 5.30. The smallest absolute Gasteiger partial charge is 0.127 e. The molecule has 0 radical (unpaired) electrons. The van der Waals surface area contributed by atoms with Gasteiger partial charge >= 0.3 is 0 Å². The topological polar surface area (TPSA) is 26.0 Å². The Kier molecular flexibility index (Phi) is 3.18. The van der Waals surface area contributed by atoms with Crippen molar-refractivity contribution in [2.75, 3.05) is 0 Å². The van der Waals surface area contributed by atoms with Crippen LogP contribution in [-0.4, -0.2) is 5.16 Å². The van der Waals surface area contributed by atoms with E-state index in [1.165, 1.54) is 11.1 Å². The van der Waals surface area contributed by atoms with E-state index in [4.69, 9.17) is 4.52 Å². The molecule has 15 heavy (non-hydrogen) atoms. The maximum absolute atomic E-state index is 4.90. The van der Waals surface area contributed by atoms with E-state index in [0.29, 0.717) is 0 Å². The molecule has 0 bridgehead atoms. The molecule has 0 saturated carbocycles. The number of rotatable bonds is 4. The molecule has 0 aliphatic rings. The summed E-state index contributed by atoms with van der Waals surface area (Å²) < 4.78 is 4.90. The van der Waals surface area contributed by atoms with Gasteiger partial charge in [-0.25, -0.2) is 0 Å². The van der Waals surface area contributed by atoms with Gasteiger partial charge in [0.25, 0.3) is 0 Å². The van der Waals surface area contributed by atoms with Crippen LogP contribution in [0.3, 0.4) is 0 Å². The lowest BCUT2D eigenvalue weighted by Crippen LogP contribution is -1.90. The van der Waals surface area contributed by atoms with E-state index in [1.807, 2.05) is 13.0 Å². The summed E-state index contributed by atoms with van der Waals surface area (Å²) in [6, 6.07) is 10.6. The first-order chi connectivity index (χ1) is 7.36. The molecule has 1 aromatic carbocycles. The van der Waals surface area contributed by atoms with Crippen LogP contribution in [0.15, 0.2) is 41.1 Å². The first-order valence-corrected chi connectivity index (χ1v) is 5.30. The van der Waals surface area contributed by atoms with Crippen molar-refractivity contribution in [2.45, 2.75) is 26.2 Å². The summed E-state index contributed by atoms with van der Waals surface area (Å²) in [5.74, 6) is 0. The average Bonchev–Trinajstić information content (AvgIpc) is 2.66. The van der Waals surface area contributed by atoms with Gasteiger partial charge in [0.15, 0.2) is 0 Å². The molecular formula is C13H15NO. The summed E-state index contributed by atoms with van der Waals surface area (Å²) in [7, 11) is 0. The molecule has 0 amide bonds. The van der Waals surface area contributed by atoms with Gasteiger partial charge in [-0.1, -0.05) is 35.5 Å². The molecule has 2 rings (SSSR count). The third kappa shape index (κ3) is 2.69. The van der Waals surface area contributed by atoms with Crippen LogP contribution < -0.4 is 0 Å². The van der Waals surface area contributed by atoms with Crippen LogP contribution in [0.4, 0.5) is 0 Å². The van der Waals surface area contributed by atoms with Crippen molar-refractivity contribution in [3.63, 3.8) is 0 Å². The standard InChI is InChI=1S/C13H15NO/c1-11-13(10-15-14-11)9-5-8-12-6-3-2-4-7-12/h2-4,6-7,10H,5,8-9H2,1H3. The van der Waals surface area contributed by atoms with Gasteiger partial charge < -0.3 is 4.52 Å². The van der Waals surface area contributed by atoms with Crippen molar-refractivity contribution in [1.82, 2.24) is 5.16 Å². The molecule has 0 saturated heterocycles. The van der Waals surface area contributed by atoms with Crippen molar-refractivity contribution in [3.05, 3.63) is 53.4 Å². The molecule has 0 fully saturated rings. The molecule has 0 spiro atoms. The second kappa shape index (κ2) is 4.78. The van der Waals surface area contributed by atoms with Crippen molar-refractivity contribution in [2.24, 2.45) is 0 Å². The van der Waals surface area contributed by atoms with Gasteiger partial charge in [-0.2, -0.15) is 0 Å². The van der Waals surface area contributed by atoms with Gasteiger partial charge in [-0.15, -0.1) is 0 Å². The molecule has 0 N–H and O–H groups in total. The molecule has 2 nitrogen and oxygen atoms in total. The predicted molar refractivity (Wildman–Crippen MR) is 59.7 cm³/mol. The summed E-state index contributed by atoms with van der Waals surface area (Å²) >= 11 is 0. The summed E-state index contributed by atoms with van der Waals surface area (Å²) in [6.07, 6.45) is 5.06. The van der Waals surface area contributed by atoms with E-state index in [0.717, 1.165) is 25.0 Å². The molecule has 0 unspecified atom stereocenters. The van der Waals surface area contributed by atoms with Crippen molar-refractivity contribution >= 4 is 0 Å². The fraction of sp³-hybridized carbons (Fsp3) is 0.308. The van der Waals surface area contributed by atoms with Crippen LogP contribution in [0, 0.1) is 6.92 Å². The zero-order valence-corrected chi connectivity index (χ0v) is 8.94. The van der Waals surface area contributed by atoms with Crippen molar-refractivity contribution in [1.29, 1.82) is 0 Å². The summed E-state index contributed by atoms with van der Waals surface area (Å²) in [5, 5.41) is 3.87. The molecule has 1 aromatic heterocycles. The monoisotopic (exact) mass is 201 g/mol. The van der Waals surface area contributed by atoms with Crippen LogP contribution in [0.2, 0.25) is 0 Å². The van der Waals surface area contributed by atoms with E-state index in [2.05, 4.69) is 29.4 Å². The first kappa shape index (κ1) is 9.97. The highest BCUT2D eigenvalue weighted by Gasteiger charge is 2.02. The fourth-order valence-corrected chi connectivity index (χ4v) is 1.68. The number of aryl methyl sites for hydroxylation is 3. The Morgan fingerprint density at radius 3 is 2.60 bits per heavy atom. The third-order valence-corrected chi connectivity index (χ3v) is 2.60. The summed E-state index contributed by atoms with van der Waals surface area (Å²) in [4.78, 5) is 0. The van der Waals surface area contributed by atoms with E-state index < -0.39 is 0 Å². The Morgan fingerprint density at radius 2 is 1.93 bits per heavy atom. The number of nitrogens with zero attached hydrogens (tertiary/aromatic N) is 1. The maximum Gasteiger partial charge on any atom is 0.127 e. The normalized spacial score (nSPS) is 10.5. The Labute approximate surface area is 89.9 Å². The van der Waals surface area contributed by atoms with E-state index >= 15 is 0 Å². The molecule has 0 aliphatic heterocycles. The number of hydrogen-bond donors (Lipinski definition) is 0. The molecule has 1 heterocycles. The molecule has 0 atom stereocenters. The van der Waals surface area contributed by atoms with Crippen molar-refractivity contribution < 1.29 is 4.52 Å². The van der Waals surface area contributed by atoms with Crippen LogP contribution in [0.5, 0.6) is 0 Å². The van der Waals surface area contributed by atoms with Gasteiger partial charge in [-0.05, 0) is 31.7 Å². The number of hydrogen-bond acceptors (Lipinski definition) is 2. The predicted octanol–water partition coefficient (Wildman–Crippen LogP) is 3.16. The molecule has 2 aromatic rings. The Bertz CT molecular complexity index is 405. The highest BCUT2D eigenvalue weighted by molar-refractivity contribution is 5.16. The highest BCUT2D eigenvalue weighted by Crippen LogP contribution is 2.10. The molecular weight excluding hydrogens is 186 g/mol. The lowest BCUT2D eigenvalue weighted by atomic mass is 10.1. The van der Waals surface area contributed by atoms with E-state index in [-0.39, 0.29) is 0 Å². The maximum atomic E-state index is 4.90. The van der Waals surface area contributed by atoms with Gasteiger partial charge in [-0.3, -0.25) is 0 Å². The van der Waals surface area contributed by atoms with Crippen LogP contribution >= 0.6 is 0 Å². The summed E-state index contributed by atoms with van der Waals surface area (Å²) in [6.45, 7) is 1.99. The minimum Gasteiger partial charge on any atom is -0.364 e. The number of aromatic nitrogens is 1. The lowest BCUT2D eigenvalue weighted by molar-refractivity contribution is 0.414. The van der Waals surface area contributed by atoms with E-state index in [9.17, 15) is 0 Å². The van der Waals surface area contributed by atoms with Crippen LogP contribution in [0.25, 0.3) is 0 Å². The van der Waals surface area contributed by atoms with Gasteiger partial charge in [0.05, 0.1) is 5.69 Å². The van der Waals surface area contributed by atoms with Gasteiger partial charge in [0.1, 0.15) is 6.26 Å².